The molecule has 0 amide bonds. The fraction of sp³-hybridized carbons (Fsp3) is 0.333. The molecule has 0 aliphatic rings. The van der Waals surface area contributed by atoms with Crippen LogP contribution in [-0.4, -0.2) is 9.97 Å². The van der Waals surface area contributed by atoms with Gasteiger partial charge in [-0.15, -0.1) is 11.3 Å². The SMILES string of the molecule is CCc1ccsc1CNc1nc(NN)ncc1C. The maximum absolute atomic E-state index is 5.30. The van der Waals surface area contributed by atoms with Crippen LogP contribution in [0.5, 0.6) is 0 Å². The first-order valence-electron chi connectivity index (χ1n) is 5.84. The van der Waals surface area contributed by atoms with E-state index in [1.807, 2.05) is 6.92 Å². The number of rotatable bonds is 5. The summed E-state index contributed by atoms with van der Waals surface area (Å²) in [6, 6.07) is 2.17. The average Bonchev–Trinajstić information content (AvgIpc) is 2.85. The lowest BCUT2D eigenvalue weighted by atomic mass is 10.2. The number of hydrogen-bond acceptors (Lipinski definition) is 6. The van der Waals surface area contributed by atoms with Gasteiger partial charge in [-0.1, -0.05) is 6.92 Å². The minimum Gasteiger partial charge on any atom is -0.365 e. The maximum Gasteiger partial charge on any atom is 0.239 e. The van der Waals surface area contributed by atoms with Crippen LogP contribution in [0.2, 0.25) is 0 Å². The van der Waals surface area contributed by atoms with E-state index in [-0.39, 0.29) is 0 Å². The average molecular weight is 263 g/mol. The van der Waals surface area contributed by atoms with Crippen LogP contribution in [0.4, 0.5) is 11.8 Å². The second-order valence-electron chi connectivity index (χ2n) is 3.95. The molecule has 0 atom stereocenters. The monoisotopic (exact) mass is 263 g/mol. The summed E-state index contributed by atoms with van der Waals surface area (Å²) in [5, 5.41) is 5.45. The highest BCUT2D eigenvalue weighted by Gasteiger charge is 2.05. The van der Waals surface area contributed by atoms with E-state index in [1.54, 1.807) is 17.5 Å². The third kappa shape index (κ3) is 2.77. The Kier molecular flexibility index (Phi) is 4.11. The largest absolute Gasteiger partial charge is 0.365 e. The Morgan fingerprint density at radius 1 is 1.44 bits per heavy atom. The third-order valence-electron chi connectivity index (χ3n) is 2.74. The van der Waals surface area contributed by atoms with Crippen molar-refractivity contribution in [3.05, 3.63) is 33.6 Å². The lowest BCUT2D eigenvalue weighted by Gasteiger charge is -2.09. The van der Waals surface area contributed by atoms with Gasteiger partial charge in [0.2, 0.25) is 5.95 Å². The highest BCUT2D eigenvalue weighted by Crippen LogP contribution is 2.20. The van der Waals surface area contributed by atoms with Crippen molar-refractivity contribution in [3.8, 4) is 0 Å². The Bertz CT molecular complexity index is 523. The summed E-state index contributed by atoms with van der Waals surface area (Å²) in [7, 11) is 0. The van der Waals surface area contributed by atoms with Crippen molar-refractivity contribution in [1.29, 1.82) is 0 Å². The van der Waals surface area contributed by atoms with Crippen LogP contribution < -0.4 is 16.6 Å². The third-order valence-corrected chi connectivity index (χ3v) is 3.70. The minimum atomic E-state index is 0.421. The van der Waals surface area contributed by atoms with Crippen LogP contribution in [-0.2, 0) is 13.0 Å². The highest BCUT2D eigenvalue weighted by molar-refractivity contribution is 7.10. The van der Waals surface area contributed by atoms with Crippen molar-refractivity contribution in [2.45, 2.75) is 26.8 Å². The molecule has 0 saturated carbocycles. The number of nitrogens with zero attached hydrogens (tertiary/aromatic N) is 2. The molecule has 0 fully saturated rings. The summed E-state index contributed by atoms with van der Waals surface area (Å²) in [6.07, 6.45) is 2.80. The number of nitrogens with one attached hydrogen (secondary N) is 2. The first kappa shape index (κ1) is 12.8. The molecule has 0 aromatic carbocycles. The molecule has 0 aliphatic carbocycles. The zero-order valence-electron chi connectivity index (χ0n) is 10.5. The second-order valence-corrected chi connectivity index (χ2v) is 4.95. The van der Waals surface area contributed by atoms with E-state index in [9.17, 15) is 0 Å². The second kappa shape index (κ2) is 5.79. The molecule has 96 valence electrons. The number of aromatic nitrogens is 2. The van der Waals surface area contributed by atoms with Gasteiger partial charge in [-0.05, 0) is 30.4 Å². The molecule has 4 N–H and O–H groups in total. The molecule has 0 unspecified atom stereocenters. The summed E-state index contributed by atoms with van der Waals surface area (Å²) in [5.41, 5.74) is 4.84. The lowest BCUT2D eigenvalue weighted by molar-refractivity contribution is 1.03. The van der Waals surface area contributed by atoms with Gasteiger partial charge in [0.05, 0.1) is 6.54 Å². The van der Waals surface area contributed by atoms with Crippen LogP contribution in [0.1, 0.15) is 22.9 Å². The molecule has 2 aromatic heterocycles. The van der Waals surface area contributed by atoms with Crippen LogP contribution in [0.25, 0.3) is 0 Å². The van der Waals surface area contributed by atoms with Gasteiger partial charge in [0.1, 0.15) is 5.82 Å². The molecule has 0 saturated heterocycles. The fourth-order valence-electron chi connectivity index (χ4n) is 1.69. The molecule has 0 aliphatic heterocycles. The Morgan fingerprint density at radius 3 is 3.00 bits per heavy atom. The van der Waals surface area contributed by atoms with Crippen LogP contribution >= 0.6 is 11.3 Å². The predicted molar refractivity (Wildman–Crippen MR) is 75.6 cm³/mol. The van der Waals surface area contributed by atoms with Gasteiger partial charge in [0, 0.05) is 16.6 Å². The molecular formula is C12H17N5S. The van der Waals surface area contributed by atoms with Crippen molar-refractivity contribution < 1.29 is 0 Å². The zero-order valence-corrected chi connectivity index (χ0v) is 11.3. The first-order chi connectivity index (χ1) is 8.74. The summed E-state index contributed by atoms with van der Waals surface area (Å²) in [6.45, 7) is 4.92. The van der Waals surface area contributed by atoms with Crippen molar-refractivity contribution in [2.24, 2.45) is 5.84 Å². The van der Waals surface area contributed by atoms with E-state index in [2.05, 4.69) is 39.1 Å². The van der Waals surface area contributed by atoms with E-state index in [0.717, 1.165) is 24.3 Å². The normalized spacial score (nSPS) is 10.4. The number of anilines is 2. The Morgan fingerprint density at radius 2 is 2.28 bits per heavy atom. The molecular weight excluding hydrogens is 246 g/mol. The summed E-state index contributed by atoms with van der Waals surface area (Å²) < 4.78 is 0. The van der Waals surface area contributed by atoms with E-state index < -0.39 is 0 Å². The first-order valence-corrected chi connectivity index (χ1v) is 6.72. The van der Waals surface area contributed by atoms with Gasteiger partial charge in [0.15, 0.2) is 0 Å². The smallest absolute Gasteiger partial charge is 0.239 e. The molecule has 5 nitrogen and oxygen atoms in total. The van der Waals surface area contributed by atoms with Crippen molar-refractivity contribution in [2.75, 3.05) is 10.7 Å². The van der Waals surface area contributed by atoms with Crippen LogP contribution in [0, 0.1) is 6.92 Å². The topological polar surface area (TPSA) is 75.9 Å². The van der Waals surface area contributed by atoms with E-state index in [0.29, 0.717) is 5.95 Å². The van der Waals surface area contributed by atoms with Gasteiger partial charge < -0.3 is 5.32 Å². The predicted octanol–water partition coefficient (Wildman–Crippen LogP) is 2.31. The molecule has 2 rings (SSSR count). The zero-order chi connectivity index (χ0) is 13.0. The van der Waals surface area contributed by atoms with E-state index in [1.165, 1.54) is 10.4 Å². The van der Waals surface area contributed by atoms with E-state index in [4.69, 9.17) is 5.84 Å². The molecule has 0 spiro atoms. The molecule has 18 heavy (non-hydrogen) atoms. The van der Waals surface area contributed by atoms with Gasteiger partial charge in [-0.2, -0.15) is 4.98 Å². The standard InChI is InChI=1S/C12H17N5S/c1-3-9-4-5-18-10(9)7-14-11-8(2)6-15-12(16-11)17-13/h4-6H,3,7,13H2,1-2H3,(H2,14,15,16,17). The van der Waals surface area contributed by atoms with E-state index >= 15 is 0 Å². The number of aryl methyl sites for hydroxylation is 2. The summed E-state index contributed by atoms with van der Waals surface area (Å²) in [5.74, 6) is 6.54. The Labute approximate surface area is 110 Å². The quantitative estimate of drug-likeness (QED) is 0.570. The van der Waals surface area contributed by atoms with Crippen molar-refractivity contribution in [3.63, 3.8) is 0 Å². The molecule has 0 radical (unpaired) electrons. The van der Waals surface area contributed by atoms with Crippen molar-refractivity contribution in [1.82, 2.24) is 9.97 Å². The number of thiophene rings is 1. The maximum atomic E-state index is 5.30. The number of hydrazine groups is 1. The van der Waals surface area contributed by atoms with Crippen LogP contribution in [0.3, 0.4) is 0 Å². The van der Waals surface area contributed by atoms with Crippen LogP contribution in [0.15, 0.2) is 17.6 Å². The molecule has 2 heterocycles. The van der Waals surface area contributed by atoms with Gasteiger partial charge in [-0.25, -0.2) is 10.8 Å². The van der Waals surface area contributed by atoms with Gasteiger partial charge in [0.25, 0.3) is 0 Å². The number of nitrogen functional groups attached to an aromatic ring is 1. The fourth-order valence-corrected chi connectivity index (χ4v) is 2.61. The van der Waals surface area contributed by atoms with Gasteiger partial charge >= 0.3 is 0 Å². The lowest BCUT2D eigenvalue weighted by Crippen LogP contribution is -2.12. The summed E-state index contributed by atoms with van der Waals surface area (Å²) in [4.78, 5) is 9.69. The summed E-state index contributed by atoms with van der Waals surface area (Å²) >= 11 is 1.76. The Balaban J connectivity index is 2.10. The minimum absolute atomic E-state index is 0.421. The highest BCUT2D eigenvalue weighted by atomic mass is 32.1. The van der Waals surface area contributed by atoms with Crippen molar-refractivity contribution >= 4 is 23.1 Å². The molecule has 0 bridgehead atoms. The number of nitrogens with two attached hydrogens (primary N) is 1. The van der Waals surface area contributed by atoms with Gasteiger partial charge in [-0.3, -0.25) is 5.43 Å². The molecule has 2 aromatic rings. The molecule has 6 heteroatoms. The Hall–Kier alpha value is -1.66. The number of hydrogen-bond donors (Lipinski definition) is 3.